The molecule has 5 nitrogen and oxygen atoms in total. The van der Waals surface area contributed by atoms with Gasteiger partial charge in [-0.05, 0) is 40.9 Å². The SMILES string of the molecule is COc1cccc(NCc2cscc2C)c1[N+](=O)[O-]. The molecule has 0 atom stereocenters. The first kappa shape index (κ1) is 13.4. The van der Waals surface area contributed by atoms with Crippen LogP contribution in [0.3, 0.4) is 0 Å². The maximum atomic E-state index is 11.1. The summed E-state index contributed by atoms with van der Waals surface area (Å²) in [5, 5.41) is 18.3. The second kappa shape index (κ2) is 5.71. The topological polar surface area (TPSA) is 64.4 Å². The van der Waals surface area contributed by atoms with E-state index in [9.17, 15) is 10.1 Å². The number of rotatable bonds is 5. The third kappa shape index (κ3) is 2.85. The molecule has 0 aliphatic carbocycles. The van der Waals surface area contributed by atoms with Crippen molar-refractivity contribution in [2.24, 2.45) is 0 Å². The Morgan fingerprint density at radius 1 is 1.42 bits per heavy atom. The third-order valence-electron chi connectivity index (χ3n) is 2.83. The van der Waals surface area contributed by atoms with Gasteiger partial charge in [-0.25, -0.2) is 0 Å². The first-order chi connectivity index (χ1) is 9.13. The molecule has 0 saturated carbocycles. The van der Waals surface area contributed by atoms with Gasteiger partial charge in [-0.2, -0.15) is 11.3 Å². The molecule has 1 aromatic carbocycles. The Morgan fingerprint density at radius 3 is 2.79 bits per heavy atom. The van der Waals surface area contributed by atoms with Crippen molar-refractivity contribution in [2.75, 3.05) is 12.4 Å². The van der Waals surface area contributed by atoms with Crippen LogP contribution in [0.15, 0.2) is 29.0 Å². The van der Waals surface area contributed by atoms with Crippen LogP contribution < -0.4 is 10.1 Å². The average molecular weight is 278 g/mol. The van der Waals surface area contributed by atoms with Crippen LogP contribution in [-0.4, -0.2) is 12.0 Å². The lowest BCUT2D eigenvalue weighted by Crippen LogP contribution is -2.04. The summed E-state index contributed by atoms with van der Waals surface area (Å²) >= 11 is 1.62. The van der Waals surface area contributed by atoms with E-state index in [4.69, 9.17) is 4.74 Å². The third-order valence-corrected chi connectivity index (χ3v) is 3.74. The number of methoxy groups -OCH3 is 1. The number of nitrogens with zero attached hydrogens (tertiary/aromatic N) is 1. The lowest BCUT2D eigenvalue weighted by molar-refractivity contribution is -0.384. The maximum absolute atomic E-state index is 11.1. The number of nitrogens with one attached hydrogen (secondary N) is 1. The van der Waals surface area contributed by atoms with E-state index in [1.165, 1.54) is 12.7 Å². The molecule has 2 rings (SSSR count). The molecular formula is C13H14N2O3S. The van der Waals surface area contributed by atoms with Crippen LogP contribution in [0.5, 0.6) is 5.75 Å². The zero-order chi connectivity index (χ0) is 13.8. The minimum absolute atomic E-state index is 0.0297. The fourth-order valence-electron chi connectivity index (χ4n) is 1.78. The van der Waals surface area contributed by atoms with Crippen molar-refractivity contribution in [3.8, 4) is 5.75 Å². The zero-order valence-corrected chi connectivity index (χ0v) is 11.5. The molecule has 0 amide bonds. The van der Waals surface area contributed by atoms with Crippen LogP contribution >= 0.6 is 11.3 Å². The average Bonchev–Trinajstić information content (AvgIpc) is 2.81. The number of nitro groups is 1. The lowest BCUT2D eigenvalue weighted by atomic mass is 10.2. The van der Waals surface area contributed by atoms with E-state index in [1.807, 2.05) is 12.3 Å². The molecule has 0 aliphatic heterocycles. The van der Waals surface area contributed by atoms with Crippen molar-refractivity contribution >= 4 is 22.7 Å². The number of aryl methyl sites for hydroxylation is 1. The van der Waals surface area contributed by atoms with Gasteiger partial charge in [-0.15, -0.1) is 0 Å². The van der Waals surface area contributed by atoms with Gasteiger partial charge in [0, 0.05) is 6.54 Å². The van der Waals surface area contributed by atoms with Crippen LogP contribution in [0.2, 0.25) is 0 Å². The predicted molar refractivity (Wildman–Crippen MR) is 76.0 cm³/mol. The van der Waals surface area contributed by atoms with E-state index >= 15 is 0 Å². The smallest absolute Gasteiger partial charge is 0.333 e. The van der Waals surface area contributed by atoms with E-state index in [-0.39, 0.29) is 11.4 Å². The quantitative estimate of drug-likeness (QED) is 0.670. The number of thiophene rings is 1. The maximum Gasteiger partial charge on any atom is 0.333 e. The summed E-state index contributed by atoms with van der Waals surface area (Å²) in [5.41, 5.74) is 2.76. The molecule has 0 radical (unpaired) electrons. The van der Waals surface area contributed by atoms with Crippen molar-refractivity contribution in [2.45, 2.75) is 13.5 Å². The Labute approximate surface area is 115 Å². The molecule has 0 saturated heterocycles. The number of benzene rings is 1. The Hall–Kier alpha value is -2.08. The van der Waals surface area contributed by atoms with Gasteiger partial charge in [0.2, 0.25) is 0 Å². The van der Waals surface area contributed by atoms with E-state index in [1.54, 1.807) is 29.5 Å². The first-order valence-corrected chi connectivity index (χ1v) is 6.64. The summed E-state index contributed by atoms with van der Waals surface area (Å²) in [7, 11) is 1.43. The Kier molecular flexibility index (Phi) is 4.01. The Balaban J connectivity index is 2.25. The second-order valence-corrected chi connectivity index (χ2v) is 4.79. The molecular weight excluding hydrogens is 264 g/mol. The van der Waals surface area contributed by atoms with Gasteiger partial charge in [0.1, 0.15) is 5.69 Å². The Bertz CT molecular complexity index is 595. The summed E-state index contributed by atoms with van der Waals surface area (Å²) in [6.07, 6.45) is 0. The number of hydrogen-bond acceptors (Lipinski definition) is 5. The molecule has 0 fully saturated rings. The summed E-state index contributed by atoms with van der Waals surface area (Å²) in [4.78, 5) is 10.7. The number of ether oxygens (including phenoxy) is 1. The van der Waals surface area contributed by atoms with Crippen molar-refractivity contribution in [3.63, 3.8) is 0 Å². The van der Waals surface area contributed by atoms with Crippen LogP contribution in [0.4, 0.5) is 11.4 Å². The molecule has 1 aromatic heterocycles. The molecule has 6 heteroatoms. The van der Waals surface area contributed by atoms with Gasteiger partial charge in [0.05, 0.1) is 12.0 Å². The molecule has 0 spiro atoms. The van der Waals surface area contributed by atoms with Gasteiger partial charge in [0.25, 0.3) is 0 Å². The second-order valence-electron chi connectivity index (χ2n) is 4.05. The van der Waals surface area contributed by atoms with E-state index in [0.29, 0.717) is 12.2 Å². The van der Waals surface area contributed by atoms with Crippen LogP contribution in [-0.2, 0) is 6.54 Å². The number of anilines is 1. The van der Waals surface area contributed by atoms with Crippen LogP contribution in [0, 0.1) is 17.0 Å². The molecule has 2 aromatic rings. The lowest BCUT2D eigenvalue weighted by Gasteiger charge is -2.09. The van der Waals surface area contributed by atoms with Gasteiger partial charge in [-0.3, -0.25) is 10.1 Å². The van der Waals surface area contributed by atoms with Gasteiger partial charge >= 0.3 is 5.69 Å². The molecule has 0 unspecified atom stereocenters. The van der Waals surface area contributed by atoms with Crippen molar-refractivity contribution in [3.05, 3.63) is 50.2 Å². The number of nitro benzene ring substituents is 1. The molecule has 100 valence electrons. The highest BCUT2D eigenvalue weighted by Crippen LogP contribution is 2.34. The molecule has 0 aliphatic rings. The summed E-state index contributed by atoms with van der Waals surface area (Å²) < 4.78 is 5.03. The van der Waals surface area contributed by atoms with E-state index in [2.05, 4.69) is 10.7 Å². The van der Waals surface area contributed by atoms with Gasteiger partial charge < -0.3 is 10.1 Å². The predicted octanol–water partition coefficient (Wildman–Crippen LogP) is 3.59. The highest BCUT2D eigenvalue weighted by atomic mass is 32.1. The normalized spacial score (nSPS) is 10.2. The Morgan fingerprint density at radius 2 is 2.21 bits per heavy atom. The van der Waals surface area contributed by atoms with Gasteiger partial charge in [0.15, 0.2) is 5.75 Å². The summed E-state index contributed by atoms with van der Waals surface area (Å²) in [6, 6.07) is 5.00. The standard InChI is InChI=1S/C13H14N2O3S/c1-9-7-19-8-10(9)6-14-11-4-3-5-12(18-2)13(11)15(16)17/h3-5,7-8,14H,6H2,1-2H3. The first-order valence-electron chi connectivity index (χ1n) is 5.70. The highest BCUT2D eigenvalue weighted by molar-refractivity contribution is 7.08. The van der Waals surface area contributed by atoms with Crippen molar-refractivity contribution < 1.29 is 9.66 Å². The summed E-state index contributed by atoms with van der Waals surface area (Å²) in [5.74, 6) is 0.261. The van der Waals surface area contributed by atoms with Crippen LogP contribution in [0.1, 0.15) is 11.1 Å². The van der Waals surface area contributed by atoms with E-state index < -0.39 is 4.92 Å². The molecule has 0 bridgehead atoms. The van der Waals surface area contributed by atoms with E-state index in [0.717, 1.165) is 5.56 Å². The fourth-order valence-corrected chi connectivity index (χ4v) is 2.63. The monoisotopic (exact) mass is 278 g/mol. The molecule has 19 heavy (non-hydrogen) atoms. The van der Waals surface area contributed by atoms with Crippen molar-refractivity contribution in [1.29, 1.82) is 0 Å². The van der Waals surface area contributed by atoms with Crippen molar-refractivity contribution in [1.82, 2.24) is 0 Å². The molecule has 1 heterocycles. The number of para-hydroxylation sites is 1. The minimum atomic E-state index is -0.429. The largest absolute Gasteiger partial charge is 0.490 e. The zero-order valence-electron chi connectivity index (χ0n) is 10.7. The summed E-state index contributed by atoms with van der Waals surface area (Å²) in [6.45, 7) is 2.58. The fraction of sp³-hybridized carbons (Fsp3) is 0.231. The molecule has 1 N–H and O–H groups in total. The van der Waals surface area contributed by atoms with Crippen LogP contribution in [0.25, 0.3) is 0 Å². The van der Waals surface area contributed by atoms with Gasteiger partial charge in [-0.1, -0.05) is 6.07 Å². The minimum Gasteiger partial charge on any atom is -0.490 e. The highest BCUT2D eigenvalue weighted by Gasteiger charge is 2.20. The number of hydrogen-bond donors (Lipinski definition) is 1.